The van der Waals surface area contributed by atoms with E-state index >= 15 is 0 Å². The number of nitriles is 1. The number of nitrogens with one attached hydrogen (secondary N) is 1. The van der Waals surface area contributed by atoms with Crippen molar-refractivity contribution < 1.29 is 9.53 Å². The van der Waals surface area contributed by atoms with Crippen molar-refractivity contribution in [3.05, 3.63) is 22.8 Å². The summed E-state index contributed by atoms with van der Waals surface area (Å²) in [6, 6.07) is 4.48. The number of nitrogens with zero attached hydrogens (tertiary/aromatic N) is 2. The van der Waals surface area contributed by atoms with E-state index in [1.165, 1.54) is 13.2 Å². The van der Waals surface area contributed by atoms with Gasteiger partial charge >= 0.3 is 5.97 Å². The zero-order chi connectivity index (χ0) is 14.4. The standard InChI is InChI=1S/C13H16ClN3O2/c1-8(2)4-10(13(18)19-3)16-12-6-9(7-15)5-11(14)17-12/h5-6,8,10H,4H2,1-3H3,(H,16,17). The highest BCUT2D eigenvalue weighted by Gasteiger charge is 2.21. The van der Waals surface area contributed by atoms with Crippen LogP contribution in [0.5, 0.6) is 0 Å². The van der Waals surface area contributed by atoms with Gasteiger partial charge in [-0.15, -0.1) is 0 Å². The van der Waals surface area contributed by atoms with E-state index in [1.807, 2.05) is 19.9 Å². The molecule has 0 bridgehead atoms. The first-order valence-electron chi connectivity index (χ1n) is 5.88. The summed E-state index contributed by atoms with van der Waals surface area (Å²) in [7, 11) is 1.34. The summed E-state index contributed by atoms with van der Waals surface area (Å²) < 4.78 is 4.75. The fourth-order valence-corrected chi connectivity index (χ4v) is 1.85. The van der Waals surface area contributed by atoms with Gasteiger partial charge in [0.25, 0.3) is 0 Å². The van der Waals surface area contributed by atoms with E-state index in [2.05, 4.69) is 10.3 Å². The molecule has 1 aromatic heterocycles. The molecular weight excluding hydrogens is 266 g/mol. The van der Waals surface area contributed by atoms with Gasteiger partial charge in [0.15, 0.2) is 0 Å². The van der Waals surface area contributed by atoms with Gasteiger partial charge in [0, 0.05) is 0 Å². The van der Waals surface area contributed by atoms with Crippen molar-refractivity contribution in [3.63, 3.8) is 0 Å². The lowest BCUT2D eigenvalue weighted by Gasteiger charge is -2.18. The van der Waals surface area contributed by atoms with Crippen LogP contribution in [0.25, 0.3) is 0 Å². The minimum Gasteiger partial charge on any atom is -0.467 e. The van der Waals surface area contributed by atoms with Crippen molar-refractivity contribution in [2.75, 3.05) is 12.4 Å². The van der Waals surface area contributed by atoms with Crippen LogP contribution in [0.3, 0.4) is 0 Å². The number of esters is 1. The molecule has 0 aliphatic rings. The number of aromatic nitrogens is 1. The van der Waals surface area contributed by atoms with Gasteiger partial charge in [-0.25, -0.2) is 9.78 Å². The number of hydrogen-bond acceptors (Lipinski definition) is 5. The maximum atomic E-state index is 11.7. The van der Waals surface area contributed by atoms with Crippen LogP contribution in [0.4, 0.5) is 5.82 Å². The molecule has 19 heavy (non-hydrogen) atoms. The number of rotatable bonds is 5. The van der Waals surface area contributed by atoms with Crippen LogP contribution >= 0.6 is 11.6 Å². The lowest BCUT2D eigenvalue weighted by Crippen LogP contribution is -2.32. The van der Waals surface area contributed by atoms with E-state index in [4.69, 9.17) is 21.6 Å². The Morgan fingerprint density at radius 3 is 2.79 bits per heavy atom. The topological polar surface area (TPSA) is 75.0 Å². The molecule has 1 heterocycles. The van der Waals surface area contributed by atoms with Crippen LogP contribution in [0.1, 0.15) is 25.8 Å². The molecule has 0 saturated heterocycles. The van der Waals surface area contributed by atoms with Gasteiger partial charge in [0.05, 0.1) is 18.7 Å². The second-order valence-electron chi connectivity index (χ2n) is 4.53. The summed E-state index contributed by atoms with van der Waals surface area (Å²) in [6.45, 7) is 4.01. The smallest absolute Gasteiger partial charge is 0.328 e. The number of anilines is 1. The first kappa shape index (κ1) is 15.3. The Morgan fingerprint density at radius 1 is 1.58 bits per heavy atom. The van der Waals surface area contributed by atoms with Crippen LogP contribution in [0.2, 0.25) is 5.15 Å². The van der Waals surface area contributed by atoms with Crippen molar-refractivity contribution in [1.29, 1.82) is 5.26 Å². The number of hydrogen-bond donors (Lipinski definition) is 1. The van der Waals surface area contributed by atoms with Gasteiger partial charge in [-0.05, 0) is 24.5 Å². The highest BCUT2D eigenvalue weighted by atomic mass is 35.5. The fourth-order valence-electron chi connectivity index (χ4n) is 1.64. The molecule has 1 atom stereocenters. The monoisotopic (exact) mass is 281 g/mol. The molecule has 0 aliphatic carbocycles. The number of ether oxygens (including phenoxy) is 1. The molecule has 0 fully saturated rings. The van der Waals surface area contributed by atoms with Gasteiger partial charge in [-0.3, -0.25) is 0 Å². The van der Waals surface area contributed by atoms with Crippen molar-refractivity contribution in [2.24, 2.45) is 5.92 Å². The Kier molecular flexibility index (Phi) is 5.58. The molecule has 0 radical (unpaired) electrons. The summed E-state index contributed by atoms with van der Waals surface area (Å²) in [5.74, 6) is 0.334. The Balaban J connectivity index is 2.93. The number of carbonyl (C=O) groups is 1. The van der Waals surface area contributed by atoms with Crippen molar-refractivity contribution in [1.82, 2.24) is 4.98 Å². The zero-order valence-electron chi connectivity index (χ0n) is 11.1. The number of halogens is 1. The second-order valence-corrected chi connectivity index (χ2v) is 4.91. The first-order chi connectivity index (χ1) is 8.96. The summed E-state index contributed by atoms with van der Waals surface area (Å²) in [4.78, 5) is 15.7. The van der Waals surface area contributed by atoms with Crippen LogP contribution < -0.4 is 5.32 Å². The predicted molar refractivity (Wildman–Crippen MR) is 72.8 cm³/mol. The van der Waals surface area contributed by atoms with Gasteiger partial charge in [0.2, 0.25) is 0 Å². The van der Waals surface area contributed by atoms with E-state index < -0.39 is 6.04 Å². The average molecular weight is 282 g/mol. The lowest BCUT2D eigenvalue weighted by atomic mass is 10.0. The van der Waals surface area contributed by atoms with Crippen LogP contribution in [0, 0.1) is 17.2 Å². The normalized spacial score (nSPS) is 11.8. The average Bonchev–Trinajstić information content (AvgIpc) is 2.35. The minimum absolute atomic E-state index is 0.203. The fraction of sp³-hybridized carbons (Fsp3) is 0.462. The molecule has 1 aromatic rings. The summed E-state index contributed by atoms with van der Waals surface area (Å²) >= 11 is 5.81. The van der Waals surface area contributed by atoms with Crippen molar-refractivity contribution in [3.8, 4) is 6.07 Å². The van der Waals surface area contributed by atoms with E-state index in [0.717, 1.165) is 0 Å². The maximum Gasteiger partial charge on any atom is 0.328 e. The predicted octanol–water partition coefficient (Wildman–Crippen LogP) is 2.61. The number of pyridine rings is 1. The molecular formula is C13H16ClN3O2. The third-order valence-electron chi connectivity index (χ3n) is 2.44. The van der Waals surface area contributed by atoms with E-state index in [1.54, 1.807) is 6.07 Å². The Bertz CT molecular complexity index is 497. The number of methoxy groups -OCH3 is 1. The molecule has 0 saturated carbocycles. The molecule has 5 nitrogen and oxygen atoms in total. The van der Waals surface area contributed by atoms with E-state index in [9.17, 15) is 4.79 Å². The lowest BCUT2D eigenvalue weighted by molar-refractivity contribution is -0.141. The van der Waals surface area contributed by atoms with Crippen molar-refractivity contribution in [2.45, 2.75) is 26.3 Å². The summed E-state index contributed by atoms with van der Waals surface area (Å²) in [6.07, 6.45) is 0.600. The van der Waals surface area contributed by atoms with Crippen LogP contribution in [-0.4, -0.2) is 24.1 Å². The molecule has 0 spiro atoms. The Morgan fingerprint density at radius 2 is 2.26 bits per heavy atom. The van der Waals surface area contributed by atoms with Gasteiger partial charge in [-0.2, -0.15) is 5.26 Å². The summed E-state index contributed by atoms with van der Waals surface area (Å²) in [5, 5.41) is 12.0. The molecule has 1 N–H and O–H groups in total. The van der Waals surface area contributed by atoms with Crippen molar-refractivity contribution >= 4 is 23.4 Å². The Labute approximate surface area is 117 Å². The largest absolute Gasteiger partial charge is 0.467 e. The summed E-state index contributed by atoms with van der Waals surface area (Å²) in [5.41, 5.74) is 0.385. The molecule has 1 unspecified atom stereocenters. The quantitative estimate of drug-likeness (QED) is 0.663. The SMILES string of the molecule is COC(=O)C(CC(C)C)Nc1cc(C#N)cc(Cl)n1. The minimum atomic E-state index is -0.512. The van der Waals surface area contributed by atoms with E-state index in [-0.39, 0.29) is 11.1 Å². The highest BCUT2D eigenvalue weighted by Crippen LogP contribution is 2.17. The molecule has 0 amide bonds. The van der Waals surface area contributed by atoms with Gasteiger partial charge in [-0.1, -0.05) is 25.4 Å². The molecule has 6 heteroatoms. The maximum absolute atomic E-state index is 11.7. The Hall–Kier alpha value is -1.80. The number of carbonyl (C=O) groups excluding carboxylic acids is 1. The molecule has 1 rings (SSSR count). The van der Waals surface area contributed by atoms with Gasteiger partial charge in [0.1, 0.15) is 17.0 Å². The second kappa shape index (κ2) is 6.95. The zero-order valence-corrected chi connectivity index (χ0v) is 11.9. The third kappa shape index (κ3) is 4.76. The molecule has 0 aromatic carbocycles. The molecule has 0 aliphatic heterocycles. The molecule has 102 valence electrons. The van der Waals surface area contributed by atoms with Crippen LogP contribution in [0.15, 0.2) is 12.1 Å². The highest BCUT2D eigenvalue weighted by molar-refractivity contribution is 6.29. The van der Waals surface area contributed by atoms with E-state index in [0.29, 0.717) is 23.7 Å². The first-order valence-corrected chi connectivity index (χ1v) is 6.26. The third-order valence-corrected chi connectivity index (χ3v) is 2.63. The van der Waals surface area contributed by atoms with Gasteiger partial charge < -0.3 is 10.1 Å². The van der Waals surface area contributed by atoms with Crippen LogP contribution in [-0.2, 0) is 9.53 Å².